The number of carbonyl (C=O) groups is 1. The molecule has 104 valence electrons. The van der Waals surface area contributed by atoms with Crippen molar-refractivity contribution in [3.8, 4) is 5.75 Å². The van der Waals surface area contributed by atoms with E-state index < -0.39 is 18.1 Å². The highest BCUT2D eigenvalue weighted by Gasteiger charge is 2.31. The topological polar surface area (TPSA) is 70.0 Å². The maximum Gasteiger partial charge on any atom is 0.320 e. The van der Waals surface area contributed by atoms with E-state index in [0.29, 0.717) is 13.0 Å². The average molecular weight is 265 g/mol. The number of ether oxygens (including phenoxy) is 1. The Morgan fingerprint density at radius 1 is 1.47 bits per heavy atom. The van der Waals surface area contributed by atoms with Crippen molar-refractivity contribution in [1.82, 2.24) is 4.90 Å². The highest BCUT2D eigenvalue weighted by atomic mass is 16.5. The lowest BCUT2D eigenvalue weighted by Gasteiger charge is -2.24. The smallest absolute Gasteiger partial charge is 0.320 e. The van der Waals surface area contributed by atoms with Gasteiger partial charge >= 0.3 is 5.97 Å². The Labute approximate surface area is 112 Å². The number of aliphatic hydroxyl groups excluding tert-OH is 1. The first kappa shape index (κ1) is 13.8. The molecule has 5 nitrogen and oxygen atoms in total. The number of nitrogens with zero attached hydrogens (tertiary/aromatic N) is 1. The molecular weight excluding hydrogens is 246 g/mol. The summed E-state index contributed by atoms with van der Waals surface area (Å²) in [5.41, 5.74) is 0.775. The van der Waals surface area contributed by atoms with Gasteiger partial charge in [0.05, 0.1) is 13.2 Å². The van der Waals surface area contributed by atoms with Crippen LogP contribution in [0.3, 0.4) is 0 Å². The number of rotatable bonds is 5. The zero-order valence-electron chi connectivity index (χ0n) is 11.0. The molecule has 1 aromatic carbocycles. The standard InChI is InChI=1S/C14H19NO4/c1-19-11-6-4-10(5-7-11)13(16)9-15-8-2-3-12(15)14(17)18/h4-7,12-13,16H,2-3,8-9H2,1H3,(H,17,18). The number of benzene rings is 1. The van der Waals surface area contributed by atoms with Crippen molar-refractivity contribution in [2.75, 3.05) is 20.2 Å². The number of aliphatic hydroxyl groups is 1. The van der Waals surface area contributed by atoms with Crippen LogP contribution in [0.25, 0.3) is 0 Å². The van der Waals surface area contributed by atoms with Gasteiger partial charge in [-0.2, -0.15) is 0 Å². The zero-order chi connectivity index (χ0) is 13.8. The molecule has 0 aliphatic carbocycles. The van der Waals surface area contributed by atoms with Crippen LogP contribution >= 0.6 is 0 Å². The van der Waals surface area contributed by atoms with Gasteiger partial charge in [0.2, 0.25) is 0 Å². The molecule has 0 bridgehead atoms. The Morgan fingerprint density at radius 3 is 2.74 bits per heavy atom. The molecule has 1 fully saturated rings. The lowest BCUT2D eigenvalue weighted by molar-refractivity contribution is -0.142. The minimum Gasteiger partial charge on any atom is -0.497 e. The van der Waals surface area contributed by atoms with Gasteiger partial charge in [-0.3, -0.25) is 9.69 Å². The van der Waals surface area contributed by atoms with E-state index in [-0.39, 0.29) is 0 Å². The number of hydrogen-bond acceptors (Lipinski definition) is 4. The highest BCUT2D eigenvalue weighted by Crippen LogP contribution is 2.23. The van der Waals surface area contributed by atoms with Gasteiger partial charge in [-0.05, 0) is 37.1 Å². The first-order chi connectivity index (χ1) is 9.11. The summed E-state index contributed by atoms with van der Waals surface area (Å²) in [5, 5.41) is 19.3. The van der Waals surface area contributed by atoms with E-state index in [0.717, 1.165) is 24.3 Å². The van der Waals surface area contributed by atoms with Crippen LogP contribution < -0.4 is 4.74 Å². The summed E-state index contributed by atoms with van der Waals surface area (Å²) in [7, 11) is 1.59. The van der Waals surface area contributed by atoms with E-state index >= 15 is 0 Å². The van der Waals surface area contributed by atoms with Crippen LogP contribution in [0.15, 0.2) is 24.3 Å². The fraction of sp³-hybridized carbons (Fsp3) is 0.500. The van der Waals surface area contributed by atoms with Crippen LogP contribution in [0.2, 0.25) is 0 Å². The fourth-order valence-corrected chi connectivity index (χ4v) is 2.48. The molecule has 5 heteroatoms. The van der Waals surface area contributed by atoms with Gasteiger partial charge in [0, 0.05) is 6.54 Å². The Hall–Kier alpha value is -1.59. The molecule has 1 aromatic rings. The van der Waals surface area contributed by atoms with E-state index in [1.807, 2.05) is 4.90 Å². The van der Waals surface area contributed by atoms with Crippen LogP contribution in [0.1, 0.15) is 24.5 Å². The molecule has 1 aliphatic heterocycles. The maximum atomic E-state index is 11.1. The predicted octanol–water partition coefficient (Wildman–Crippen LogP) is 1.28. The monoisotopic (exact) mass is 265 g/mol. The molecule has 19 heavy (non-hydrogen) atoms. The van der Waals surface area contributed by atoms with Gasteiger partial charge < -0.3 is 14.9 Å². The molecule has 2 rings (SSSR count). The van der Waals surface area contributed by atoms with Gasteiger partial charge in [-0.25, -0.2) is 0 Å². The summed E-state index contributed by atoms with van der Waals surface area (Å²) < 4.78 is 5.06. The lowest BCUT2D eigenvalue weighted by Crippen LogP contribution is -2.38. The number of hydrogen-bond donors (Lipinski definition) is 2. The Balaban J connectivity index is 1.99. The highest BCUT2D eigenvalue weighted by molar-refractivity contribution is 5.73. The Bertz CT molecular complexity index is 432. The second-order valence-corrected chi connectivity index (χ2v) is 4.78. The lowest BCUT2D eigenvalue weighted by atomic mass is 10.1. The van der Waals surface area contributed by atoms with Crippen LogP contribution in [0.4, 0.5) is 0 Å². The third-order valence-corrected chi connectivity index (χ3v) is 3.56. The van der Waals surface area contributed by atoms with Crippen molar-refractivity contribution in [1.29, 1.82) is 0 Å². The van der Waals surface area contributed by atoms with Gasteiger partial charge in [0.15, 0.2) is 0 Å². The summed E-state index contributed by atoms with van der Waals surface area (Å²) >= 11 is 0. The van der Waals surface area contributed by atoms with Crippen LogP contribution in [0.5, 0.6) is 5.75 Å². The van der Waals surface area contributed by atoms with E-state index in [1.54, 1.807) is 31.4 Å². The molecule has 0 saturated carbocycles. The summed E-state index contributed by atoms with van der Waals surface area (Å²) in [6, 6.07) is 6.71. The van der Waals surface area contributed by atoms with Crippen molar-refractivity contribution < 1.29 is 19.7 Å². The summed E-state index contributed by atoms with van der Waals surface area (Å²) in [5.74, 6) is -0.0695. The number of aliphatic carboxylic acids is 1. The molecule has 2 unspecified atom stereocenters. The molecule has 0 spiro atoms. The van der Waals surface area contributed by atoms with Crippen molar-refractivity contribution in [2.24, 2.45) is 0 Å². The molecule has 2 N–H and O–H groups in total. The molecule has 0 amide bonds. The largest absolute Gasteiger partial charge is 0.497 e. The van der Waals surface area contributed by atoms with Crippen LogP contribution in [-0.2, 0) is 4.79 Å². The number of likely N-dealkylation sites (tertiary alicyclic amines) is 1. The summed E-state index contributed by atoms with van der Waals surface area (Å²) in [4.78, 5) is 12.9. The molecule has 1 heterocycles. The minimum atomic E-state index is -0.806. The van der Waals surface area contributed by atoms with Gasteiger partial charge in [0.25, 0.3) is 0 Å². The van der Waals surface area contributed by atoms with Crippen molar-refractivity contribution in [2.45, 2.75) is 25.0 Å². The van der Waals surface area contributed by atoms with E-state index in [4.69, 9.17) is 9.84 Å². The average Bonchev–Trinajstić information content (AvgIpc) is 2.87. The number of carboxylic acid groups (broad SMARTS) is 1. The van der Waals surface area contributed by atoms with Crippen LogP contribution in [0, 0.1) is 0 Å². The maximum absolute atomic E-state index is 11.1. The number of methoxy groups -OCH3 is 1. The first-order valence-electron chi connectivity index (χ1n) is 6.40. The number of carboxylic acids is 1. The second-order valence-electron chi connectivity index (χ2n) is 4.78. The fourth-order valence-electron chi connectivity index (χ4n) is 2.48. The molecule has 1 aliphatic rings. The quantitative estimate of drug-likeness (QED) is 0.839. The minimum absolute atomic E-state index is 0.350. The SMILES string of the molecule is COc1ccc(C(O)CN2CCCC2C(=O)O)cc1. The second kappa shape index (κ2) is 6.04. The van der Waals surface area contributed by atoms with E-state index in [1.165, 1.54) is 0 Å². The molecule has 1 saturated heterocycles. The number of β-amino-alcohol motifs (C(OH)–C–C–N with tert-alkyl or cyclic N) is 1. The predicted molar refractivity (Wildman–Crippen MR) is 70.2 cm³/mol. The van der Waals surface area contributed by atoms with Gasteiger partial charge in [-0.1, -0.05) is 12.1 Å². The molecule has 0 aromatic heterocycles. The zero-order valence-corrected chi connectivity index (χ0v) is 11.0. The van der Waals surface area contributed by atoms with Crippen molar-refractivity contribution in [3.05, 3.63) is 29.8 Å². The molecule has 0 radical (unpaired) electrons. The normalized spacial score (nSPS) is 21.3. The van der Waals surface area contributed by atoms with Crippen molar-refractivity contribution >= 4 is 5.97 Å². The van der Waals surface area contributed by atoms with Crippen LogP contribution in [-0.4, -0.2) is 47.3 Å². The third kappa shape index (κ3) is 3.24. The van der Waals surface area contributed by atoms with E-state index in [9.17, 15) is 9.90 Å². The summed E-state index contributed by atoms with van der Waals surface area (Å²) in [6.45, 7) is 1.08. The Kier molecular flexibility index (Phi) is 4.39. The van der Waals surface area contributed by atoms with Gasteiger partial charge in [-0.15, -0.1) is 0 Å². The van der Waals surface area contributed by atoms with Crippen molar-refractivity contribution in [3.63, 3.8) is 0 Å². The molecular formula is C14H19NO4. The first-order valence-corrected chi connectivity index (χ1v) is 6.40. The molecule has 2 atom stereocenters. The van der Waals surface area contributed by atoms with Gasteiger partial charge in [0.1, 0.15) is 11.8 Å². The summed E-state index contributed by atoms with van der Waals surface area (Å²) in [6.07, 6.45) is 0.850. The Morgan fingerprint density at radius 2 is 2.16 bits per heavy atom. The van der Waals surface area contributed by atoms with E-state index in [2.05, 4.69) is 0 Å². The third-order valence-electron chi connectivity index (χ3n) is 3.56.